The molecule has 0 aliphatic heterocycles. The number of rotatable bonds is 39. The predicted octanol–water partition coefficient (Wildman–Crippen LogP) is 12.7. The predicted molar refractivity (Wildman–Crippen MR) is 210 cm³/mol. The molecule has 1 atom stereocenters. The molecule has 0 heterocycles. The Morgan fingerprint density at radius 3 is 1.08 bits per heavy atom. The Morgan fingerprint density at radius 1 is 0.449 bits per heavy atom. The highest BCUT2D eigenvalue weighted by Gasteiger charge is 2.22. The van der Waals surface area contributed by atoms with Crippen LogP contribution >= 0.6 is 0 Å². The fourth-order valence-electron chi connectivity index (χ4n) is 6.84. The topological polar surface area (TPSA) is 86.7 Å². The van der Waals surface area contributed by atoms with Crippen LogP contribution in [0.15, 0.2) is 0 Å². The molecule has 0 spiro atoms. The lowest BCUT2D eigenvalue weighted by Gasteiger charge is -2.24. The second-order valence-corrected chi connectivity index (χ2v) is 15.0. The molecule has 0 rings (SSSR count). The highest BCUT2D eigenvalue weighted by Crippen LogP contribution is 2.15. The minimum atomic E-state index is -1.05. The van der Waals surface area contributed by atoms with Crippen LogP contribution < -0.4 is 5.32 Å². The first-order chi connectivity index (χ1) is 24.0. The number of carboxylic acids is 1. The summed E-state index contributed by atoms with van der Waals surface area (Å²) in [4.78, 5) is 39.8. The van der Waals surface area contributed by atoms with Gasteiger partial charge in [0.2, 0.25) is 11.8 Å². The number of carbonyl (C=O) groups excluding carboxylic acids is 2. The number of amides is 2. The molecule has 0 saturated heterocycles. The first-order valence-corrected chi connectivity index (χ1v) is 21.8. The molecule has 2 N–H and O–H groups in total. The number of hydrogen-bond donors (Lipinski definition) is 2. The molecular formula is C43H84N2O4. The van der Waals surface area contributed by atoms with Crippen LogP contribution in [-0.2, 0) is 14.4 Å². The van der Waals surface area contributed by atoms with Crippen LogP contribution in [0.3, 0.4) is 0 Å². The fraction of sp³-hybridized carbons (Fsp3) is 0.930. The van der Waals surface area contributed by atoms with Gasteiger partial charge in [-0.2, -0.15) is 0 Å². The van der Waals surface area contributed by atoms with E-state index in [1.165, 1.54) is 154 Å². The molecule has 0 unspecified atom stereocenters. The van der Waals surface area contributed by atoms with Crippen LogP contribution in [0.5, 0.6) is 0 Å². The molecule has 0 aliphatic carbocycles. The van der Waals surface area contributed by atoms with Gasteiger partial charge in [0.25, 0.3) is 0 Å². The zero-order valence-corrected chi connectivity index (χ0v) is 33.2. The number of unbranched alkanes of at least 4 members (excludes halogenated alkanes) is 28. The van der Waals surface area contributed by atoms with Gasteiger partial charge in [0, 0.05) is 25.9 Å². The largest absolute Gasteiger partial charge is 0.480 e. The Bertz CT molecular complexity index is 723. The van der Waals surface area contributed by atoms with Crippen molar-refractivity contribution in [1.82, 2.24) is 10.2 Å². The summed E-state index contributed by atoms with van der Waals surface area (Å²) in [7, 11) is 0. The maximum atomic E-state index is 13.3. The molecular weight excluding hydrogens is 608 g/mol. The van der Waals surface area contributed by atoms with Crippen molar-refractivity contribution in [3.05, 3.63) is 0 Å². The van der Waals surface area contributed by atoms with Crippen molar-refractivity contribution in [1.29, 1.82) is 0 Å². The second kappa shape index (κ2) is 37.7. The maximum Gasteiger partial charge on any atom is 0.326 e. The summed E-state index contributed by atoms with van der Waals surface area (Å²) in [6.45, 7) is 8.27. The van der Waals surface area contributed by atoms with Crippen molar-refractivity contribution in [2.75, 3.05) is 13.1 Å². The number of nitrogens with one attached hydrogen (secondary N) is 1. The third kappa shape index (κ3) is 33.3. The molecule has 49 heavy (non-hydrogen) atoms. The van der Waals surface area contributed by atoms with E-state index in [1.807, 2.05) is 4.90 Å². The van der Waals surface area contributed by atoms with E-state index in [4.69, 9.17) is 0 Å². The Hall–Kier alpha value is -1.59. The van der Waals surface area contributed by atoms with Gasteiger partial charge in [-0.3, -0.25) is 9.59 Å². The summed E-state index contributed by atoms with van der Waals surface area (Å²) < 4.78 is 0. The lowest BCUT2D eigenvalue weighted by molar-refractivity contribution is -0.142. The molecule has 0 bridgehead atoms. The summed E-state index contributed by atoms with van der Waals surface area (Å²) in [5.74, 6) is -1.21. The van der Waals surface area contributed by atoms with Gasteiger partial charge in [-0.15, -0.1) is 0 Å². The molecule has 0 radical (unpaired) electrons. The third-order valence-electron chi connectivity index (χ3n) is 10.2. The first kappa shape index (κ1) is 47.4. The van der Waals surface area contributed by atoms with Crippen LogP contribution in [0.25, 0.3) is 0 Å². The molecule has 290 valence electrons. The normalized spacial score (nSPS) is 11.9. The van der Waals surface area contributed by atoms with Crippen LogP contribution in [0.1, 0.15) is 239 Å². The number of aliphatic carboxylic acids is 1. The third-order valence-corrected chi connectivity index (χ3v) is 10.2. The van der Waals surface area contributed by atoms with Crippen LogP contribution in [0.2, 0.25) is 0 Å². The van der Waals surface area contributed by atoms with E-state index in [1.54, 1.807) is 0 Å². The van der Waals surface area contributed by atoms with Gasteiger partial charge in [-0.05, 0) is 25.7 Å². The van der Waals surface area contributed by atoms with Crippen molar-refractivity contribution in [3.63, 3.8) is 0 Å². The van der Waals surface area contributed by atoms with Crippen LogP contribution in [0, 0.1) is 0 Å². The van der Waals surface area contributed by atoms with Gasteiger partial charge in [-0.25, -0.2) is 4.79 Å². The molecule has 0 fully saturated rings. The van der Waals surface area contributed by atoms with Gasteiger partial charge in [0.05, 0.1) is 0 Å². The molecule has 6 heteroatoms. The van der Waals surface area contributed by atoms with Crippen molar-refractivity contribution in [2.24, 2.45) is 0 Å². The monoisotopic (exact) mass is 693 g/mol. The van der Waals surface area contributed by atoms with Gasteiger partial charge < -0.3 is 15.3 Å². The molecule has 0 aromatic rings. The molecule has 0 aromatic carbocycles. The van der Waals surface area contributed by atoms with Gasteiger partial charge in [0.1, 0.15) is 6.04 Å². The zero-order chi connectivity index (χ0) is 36.0. The summed E-state index contributed by atoms with van der Waals surface area (Å²) in [5, 5.41) is 12.5. The van der Waals surface area contributed by atoms with E-state index in [9.17, 15) is 19.5 Å². The van der Waals surface area contributed by atoms with Crippen molar-refractivity contribution in [3.8, 4) is 0 Å². The lowest BCUT2D eigenvalue weighted by Crippen LogP contribution is -2.42. The van der Waals surface area contributed by atoms with E-state index in [-0.39, 0.29) is 24.7 Å². The number of hydrogen-bond acceptors (Lipinski definition) is 3. The Balaban J connectivity index is 4.32. The summed E-state index contributed by atoms with van der Waals surface area (Å²) in [6.07, 6.45) is 39.5. The molecule has 0 aromatic heterocycles. The first-order valence-electron chi connectivity index (χ1n) is 21.8. The fourth-order valence-corrected chi connectivity index (χ4v) is 6.84. The van der Waals surface area contributed by atoms with E-state index in [0.717, 1.165) is 58.0 Å². The van der Waals surface area contributed by atoms with E-state index >= 15 is 0 Å². The number of carbonyl (C=O) groups is 3. The Labute approximate surface area is 305 Å². The molecule has 2 amide bonds. The zero-order valence-electron chi connectivity index (χ0n) is 33.2. The summed E-state index contributed by atoms with van der Waals surface area (Å²) in [6, 6.07) is -0.999. The van der Waals surface area contributed by atoms with Crippen LogP contribution in [0.4, 0.5) is 0 Å². The van der Waals surface area contributed by atoms with Gasteiger partial charge in [-0.1, -0.05) is 201 Å². The van der Waals surface area contributed by atoms with Crippen molar-refractivity contribution >= 4 is 17.8 Å². The molecule has 0 aliphatic rings. The van der Waals surface area contributed by atoms with E-state index < -0.39 is 12.0 Å². The van der Waals surface area contributed by atoms with Gasteiger partial charge in [0.15, 0.2) is 0 Å². The SMILES string of the molecule is CCCCCCCCCCCCCCCCCC(=O)N[C@@H](CCC(=O)N(CCCCCCCCCC)CCCCCCCCCC)C(=O)O. The Morgan fingerprint density at radius 2 is 0.755 bits per heavy atom. The van der Waals surface area contributed by atoms with E-state index in [2.05, 4.69) is 26.1 Å². The summed E-state index contributed by atoms with van der Waals surface area (Å²) in [5.41, 5.74) is 0. The smallest absolute Gasteiger partial charge is 0.326 e. The minimum absolute atomic E-state index is 0.0359. The number of nitrogens with zero attached hydrogens (tertiary/aromatic N) is 1. The van der Waals surface area contributed by atoms with E-state index in [0.29, 0.717) is 6.42 Å². The highest BCUT2D eigenvalue weighted by molar-refractivity contribution is 5.84. The molecule has 0 saturated carbocycles. The lowest BCUT2D eigenvalue weighted by atomic mass is 10.0. The summed E-state index contributed by atoms with van der Waals surface area (Å²) >= 11 is 0. The average Bonchev–Trinajstić information content (AvgIpc) is 3.09. The minimum Gasteiger partial charge on any atom is -0.480 e. The highest BCUT2D eigenvalue weighted by atomic mass is 16.4. The van der Waals surface area contributed by atoms with Crippen molar-refractivity contribution < 1.29 is 19.5 Å². The number of carboxylic acid groups (broad SMARTS) is 1. The standard InChI is InChI=1S/C43H84N2O4/c1-4-7-10-13-16-19-20-21-22-23-24-25-26-29-32-35-41(46)44-40(43(48)49)36-37-42(47)45(38-33-30-27-17-14-11-8-5-2)39-34-31-28-18-15-12-9-6-3/h40H,4-39H2,1-3H3,(H,44,46)(H,48,49)/t40-/m0/s1. The Kier molecular flexibility index (Phi) is 36.4. The molecule has 6 nitrogen and oxygen atoms in total. The van der Waals surface area contributed by atoms with Crippen LogP contribution in [-0.4, -0.2) is 46.9 Å². The van der Waals surface area contributed by atoms with Gasteiger partial charge >= 0.3 is 5.97 Å². The van der Waals surface area contributed by atoms with Crippen molar-refractivity contribution in [2.45, 2.75) is 245 Å². The second-order valence-electron chi connectivity index (χ2n) is 15.0. The quantitative estimate of drug-likeness (QED) is 0.0628. The maximum absolute atomic E-state index is 13.3. The average molecular weight is 693 g/mol.